The molecular weight excluding hydrogens is 464 g/mol. The maximum atomic E-state index is 12.2. The first kappa shape index (κ1) is 24.0. The molecule has 5 rings (SSSR count). The number of carbonyl (C=O) groups is 1. The molecule has 0 radical (unpaired) electrons. The van der Waals surface area contributed by atoms with Gasteiger partial charge in [-0.3, -0.25) is 4.79 Å². The normalized spacial score (nSPS) is 12.1. The van der Waals surface area contributed by atoms with Crippen LogP contribution < -0.4 is 10.6 Å². The van der Waals surface area contributed by atoms with E-state index in [0.717, 1.165) is 22.3 Å². The van der Waals surface area contributed by atoms with Gasteiger partial charge < -0.3 is 20.2 Å². The molecule has 7 heteroatoms. The molecule has 2 heterocycles. The molecule has 184 valence electrons. The van der Waals surface area contributed by atoms with Gasteiger partial charge in [-0.25, -0.2) is 9.97 Å². The Balaban J connectivity index is 1.68. The summed E-state index contributed by atoms with van der Waals surface area (Å²) >= 11 is 0. The molecule has 0 saturated carbocycles. The van der Waals surface area contributed by atoms with Crippen LogP contribution in [-0.2, 0) is 4.79 Å². The fourth-order valence-electron chi connectivity index (χ4n) is 4.28. The lowest BCUT2D eigenvalue weighted by Crippen LogP contribution is -2.15. The van der Waals surface area contributed by atoms with Gasteiger partial charge in [0.15, 0.2) is 0 Å². The summed E-state index contributed by atoms with van der Waals surface area (Å²) in [6.45, 7) is 1.67. The highest BCUT2D eigenvalue weighted by molar-refractivity contribution is 6.07. The standard InChI is InChI=1S/C30H26N4O3/c1-2-10-25(36)33-23-16-9-15-22(17-23)26-27-29(34-24(18-35)20-11-5-3-6-12-20)31-19-32-30(27)37-28(26)21-13-7-4-8-14-21/h2-17,19,24,35H,18H2,1H3,(H,33,36)(H,31,32,34)/b10-2+/t24-/m1/s1. The minimum Gasteiger partial charge on any atom is -0.437 e. The summed E-state index contributed by atoms with van der Waals surface area (Å²) in [5.41, 5.74) is 4.49. The summed E-state index contributed by atoms with van der Waals surface area (Å²) in [5.74, 6) is 0.966. The van der Waals surface area contributed by atoms with Crippen molar-refractivity contribution in [2.45, 2.75) is 13.0 Å². The second-order valence-electron chi connectivity index (χ2n) is 8.43. The van der Waals surface area contributed by atoms with Crippen LogP contribution in [0.4, 0.5) is 11.5 Å². The molecule has 7 nitrogen and oxygen atoms in total. The SMILES string of the molecule is C/C=C/C(=O)Nc1cccc(-c2c(-c3ccccc3)oc3ncnc(N[C@H](CO)c4ccccc4)c23)c1. The van der Waals surface area contributed by atoms with Crippen molar-refractivity contribution < 1.29 is 14.3 Å². The molecule has 0 aliphatic heterocycles. The zero-order valence-corrected chi connectivity index (χ0v) is 20.3. The van der Waals surface area contributed by atoms with Gasteiger partial charge in [-0.15, -0.1) is 0 Å². The van der Waals surface area contributed by atoms with Gasteiger partial charge in [0.05, 0.1) is 18.0 Å². The summed E-state index contributed by atoms with van der Waals surface area (Å²) in [6.07, 6.45) is 4.61. The lowest BCUT2D eigenvalue weighted by atomic mass is 9.98. The minimum absolute atomic E-state index is 0.124. The molecule has 0 bridgehead atoms. The first-order valence-electron chi connectivity index (χ1n) is 12.0. The van der Waals surface area contributed by atoms with Gasteiger partial charge in [0.1, 0.15) is 17.9 Å². The van der Waals surface area contributed by atoms with Crippen LogP contribution in [0.5, 0.6) is 0 Å². The number of furan rings is 1. The number of hydrogen-bond donors (Lipinski definition) is 3. The fourth-order valence-corrected chi connectivity index (χ4v) is 4.28. The Morgan fingerprint density at radius 2 is 1.70 bits per heavy atom. The van der Waals surface area contributed by atoms with Crippen LogP contribution in [0.15, 0.2) is 108 Å². The van der Waals surface area contributed by atoms with Crippen molar-refractivity contribution in [2.75, 3.05) is 17.2 Å². The van der Waals surface area contributed by atoms with Crippen LogP contribution in [0.3, 0.4) is 0 Å². The first-order chi connectivity index (χ1) is 18.2. The Hall–Kier alpha value is -4.75. The Kier molecular flexibility index (Phi) is 7.05. The zero-order valence-electron chi connectivity index (χ0n) is 20.3. The quantitative estimate of drug-likeness (QED) is 0.223. The summed E-state index contributed by atoms with van der Waals surface area (Å²) in [4.78, 5) is 21.1. The van der Waals surface area contributed by atoms with E-state index < -0.39 is 0 Å². The second-order valence-corrected chi connectivity index (χ2v) is 8.43. The van der Waals surface area contributed by atoms with Crippen molar-refractivity contribution in [3.63, 3.8) is 0 Å². The summed E-state index contributed by atoms with van der Waals surface area (Å²) < 4.78 is 6.31. The lowest BCUT2D eigenvalue weighted by Gasteiger charge is -2.18. The molecule has 2 aromatic heterocycles. The number of aliphatic hydroxyl groups excluding tert-OH is 1. The smallest absolute Gasteiger partial charge is 0.248 e. The van der Waals surface area contributed by atoms with Crippen molar-refractivity contribution in [1.82, 2.24) is 9.97 Å². The number of hydrogen-bond acceptors (Lipinski definition) is 6. The number of carbonyl (C=O) groups excluding carboxylic acids is 1. The van der Waals surface area contributed by atoms with E-state index >= 15 is 0 Å². The van der Waals surface area contributed by atoms with Crippen LogP contribution in [0.1, 0.15) is 18.5 Å². The van der Waals surface area contributed by atoms with E-state index in [-0.39, 0.29) is 18.6 Å². The van der Waals surface area contributed by atoms with Gasteiger partial charge in [-0.2, -0.15) is 0 Å². The number of amides is 1. The van der Waals surface area contributed by atoms with Gasteiger partial charge in [0, 0.05) is 16.8 Å². The third-order valence-electron chi connectivity index (χ3n) is 5.96. The molecule has 0 unspecified atom stereocenters. The van der Waals surface area contributed by atoms with E-state index in [1.165, 1.54) is 12.4 Å². The zero-order chi connectivity index (χ0) is 25.6. The molecule has 0 aliphatic rings. The molecule has 37 heavy (non-hydrogen) atoms. The number of nitrogens with zero attached hydrogens (tertiary/aromatic N) is 2. The Morgan fingerprint density at radius 1 is 0.973 bits per heavy atom. The Bertz CT molecular complexity index is 1550. The van der Waals surface area contributed by atoms with Gasteiger partial charge in [0.25, 0.3) is 0 Å². The highest BCUT2D eigenvalue weighted by atomic mass is 16.3. The average molecular weight is 491 g/mol. The first-order valence-corrected chi connectivity index (χ1v) is 12.0. The van der Waals surface area contributed by atoms with E-state index in [9.17, 15) is 9.90 Å². The molecule has 3 aromatic carbocycles. The van der Waals surface area contributed by atoms with Crippen LogP contribution in [0.2, 0.25) is 0 Å². The van der Waals surface area contributed by atoms with Crippen molar-refractivity contribution in [3.05, 3.63) is 109 Å². The van der Waals surface area contributed by atoms with Crippen molar-refractivity contribution in [3.8, 4) is 22.5 Å². The molecule has 5 aromatic rings. The van der Waals surface area contributed by atoms with E-state index in [4.69, 9.17) is 4.42 Å². The molecule has 0 fully saturated rings. The predicted octanol–water partition coefficient (Wildman–Crippen LogP) is 6.22. The van der Waals surface area contributed by atoms with Gasteiger partial charge in [-0.1, -0.05) is 78.9 Å². The largest absolute Gasteiger partial charge is 0.437 e. The van der Waals surface area contributed by atoms with Crippen LogP contribution in [0, 0.1) is 0 Å². The minimum atomic E-state index is -0.381. The number of aromatic nitrogens is 2. The van der Waals surface area contributed by atoms with Gasteiger partial charge >= 0.3 is 0 Å². The molecule has 0 aliphatic carbocycles. The lowest BCUT2D eigenvalue weighted by molar-refractivity contribution is -0.111. The summed E-state index contributed by atoms with van der Waals surface area (Å²) in [6, 6.07) is 26.7. The molecule has 0 saturated heterocycles. The van der Waals surface area contributed by atoms with Crippen molar-refractivity contribution in [1.29, 1.82) is 0 Å². The Labute approximate surface area is 214 Å². The van der Waals surface area contributed by atoms with Gasteiger partial charge in [0.2, 0.25) is 11.6 Å². The number of allylic oxidation sites excluding steroid dienone is 1. The van der Waals surface area contributed by atoms with Crippen molar-refractivity contribution in [2.24, 2.45) is 0 Å². The van der Waals surface area contributed by atoms with Crippen LogP contribution >= 0.6 is 0 Å². The van der Waals surface area contributed by atoms with Gasteiger partial charge in [-0.05, 0) is 36.3 Å². The summed E-state index contributed by atoms with van der Waals surface area (Å²) in [5, 5.41) is 17.1. The molecular formula is C30H26N4O3. The molecule has 0 spiro atoms. The third-order valence-corrected chi connectivity index (χ3v) is 5.96. The number of benzene rings is 3. The van der Waals surface area contributed by atoms with E-state index in [1.54, 1.807) is 13.0 Å². The highest BCUT2D eigenvalue weighted by Crippen LogP contribution is 2.43. The molecule has 1 amide bonds. The maximum absolute atomic E-state index is 12.2. The topological polar surface area (TPSA) is 100 Å². The van der Waals surface area contributed by atoms with E-state index in [1.807, 2.05) is 84.9 Å². The van der Waals surface area contributed by atoms with Crippen LogP contribution in [0.25, 0.3) is 33.6 Å². The average Bonchev–Trinajstić information content (AvgIpc) is 3.33. The number of fused-ring (bicyclic) bond motifs is 1. The number of nitrogens with one attached hydrogen (secondary N) is 2. The van der Waals surface area contributed by atoms with E-state index in [0.29, 0.717) is 28.4 Å². The summed E-state index contributed by atoms with van der Waals surface area (Å²) in [7, 11) is 0. The third kappa shape index (κ3) is 5.12. The number of anilines is 2. The van der Waals surface area contributed by atoms with E-state index in [2.05, 4.69) is 20.6 Å². The van der Waals surface area contributed by atoms with Crippen LogP contribution in [-0.4, -0.2) is 27.6 Å². The number of aliphatic hydroxyl groups is 1. The number of rotatable bonds is 8. The fraction of sp³-hybridized carbons (Fsp3) is 0.100. The molecule has 3 N–H and O–H groups in total. The Morgan fingerprint density at radius 3 is 2.43 bits per heavy atom. The predicted molar refractivity (Wildman–Crippen MR) is 146 cm³/mol. The van der Waals surface area contributed by atoms with Crippen molar-refractivity contribution >= 4 is 28.5 Å². The monoisotopic (exact) mass is 490 g/mol. The maximum Gasteiger partial charge on any atom is 0.248 e. The molecule has 1 atom stereocenters. The second kappa shape index (κ2) is 10.9. The highest BCUT2D eigenvalue weighted by Gasteiger charge is 2.24.